The number of nitrogens with zero attached hydrogens (tertiary/aromatic N) is 1. The van der Waals surface area contributed by atoms with Crippen molar-refractivity contribution in [3.05, 3.63) is 65.7 Å². The molecule has 0 spiro atoms. The molecule has 0 aliphatic rings. The van der Waals surface area contributed by atoms with Gasteiger partial charge in [0.05, 0.1) is 13.7 Å². The van der Waals surface area contributed by atoms with Crippen LogP contribution in [0.5, 0.6) is 0 Å². The van der Waals surface area contributed by atoms with Crippen LogP contribution in [0.15, 0.2) is 59.6 Å². The topological polar surface area (TPSA) is 74.8 Å². The molecule has 6 heteroatoms. The van der Waals surface area contributed by atoms with Crippen LogP contribution < -0.4 is 16.0 Å². The summed E-state index contributed by atoms with van der Waals surface area (Å²) in [5.41, 5.74) is 3.10. The molecule has 2 aromatic carbocycles. The van der Waals surface area contributed by atoms with Crippen LogP contribution in [-0.2, 0) is 17.7 Å². The van der Waals surface area contributed by atoms with E-state index in [0.29, 0.717) is 18.3 Å². The maximum absolute atomic E-state index is 11.2. The van der Waals surface area contributed by atoms with Crippen molar-refractivity contribution in [2.45, 2.75) is 39.3 Å². The number of methoxy groups -OCH3 is 1. The molecule has 0 aliphatic carbocycles. The van der Waals surface area contributed by atoms with Crippen molar-refractivity contribution >= 4 is 17.7 Å². The van der Waals surface area contributed by atoms with Crippen molar-refractivity contribution in [1.82, 2.24) is 10.6 Å². The highest BCUT2D eigenvalue weighted by Gasteiger charge is 2.06. The first-order valence-corrected chi connectivity index (χ1v) is 9.63. The van der Waals surface area contributed by atoms with Gasteiger partial charge in [-0.15, -0.1) is 0 Å². The van der Waals surface area contributed by atoms with Crippen molar-refractivity contribution < 1.29 is 9.53 Å². The Kier molecular flexibility index (Phi) is 8.85. The van der Waals surface area contributed by atoms with Gasteiger partial charge in [-0.05, 0) is 49.9 Å². The molecule has 0 saturated carbocycles. The van der Waals surface area contributed by atoms with Gasteiger partial charge < -0.3 is 15.4 Å². The molecule has 1 amide bonds. The first-order chi connectivity index (χ1) is 13.6. The van der Waals surface area contributed by atoms with Crippen LogP contribution in [0.4, 0.5) is 10.5 Å². The maximum atomic E-state index is 11.2. The summed E-state index contributed by atoms with van der Waals surface area (Å²) in [5.74, 6) is 0.805. The average Bonchev–Trinajstić information content (AvgIpc) is 2.72. The molecule has 0 bridgehead atoms. The fourth-order valence-electron chi connectivity index (χ4n) is 2.69. The van der Waals surface area contributed by atoms with Crippen LogP contribution in [-0.4, -0.2) is 31.7 Å². The number of benzene rings is 2. The number of ether oxygens (including phenoxy) is 1. The minimum atomic E-state index is -0.478. The van der Waals surface area contributed by atoms with Gasteiger partial charge in [0, 0.05) is 18.3 Å². The quantitative estimate of drug-likeness (QED) is 0.477. The SMILES string of the molecule is CCNC(=NCc1ccc(NC(=O)OC)cc1)NC(C)CCc1ccccc1. The van der Waals surface area contributed by atoms with Gasteiger partial charge in [0.15, 0.2) is 5.96 Å². The Morgan fingerprint density at radius 1 is 1.07 bits per heavy atom. The van der Waals surface area contributed by atoms with E-state index in [4.69, 9.17) is 0 Å². The number of rotatable bonds is 8. The van der Waals surface area contributed by atoms with Crippen molar-refractivity contribution in [2.75, 3.05) is 19.0 Å². The number of guanidine groups is 1. The predicted molar refractivity (Wildman–Crippen MR) is 115 cm³/mol. The monoisotopic (exact) mass is 382 g/mol. The molecular formula is C22H30N4O2. The Balaban J connectivity index is 1.87. The summed E-state index contributed by atoms with van der Waals surface area (Å²) >= 11 is 0. The van der Waals surface area contributed by atoms with Gasteiger partial charge in [0.25, 0.3) is 0 Å². The lowest BCUT2D eigenvalue weighted by atomic mass is 10.1. The number of hydrogen-bond donors (Lipinski definition) is 3. The number of anilines is 1. The molecule has 3 N–H and O–H groups in total. The summed E-state index contributed by atoms with van der Waals surface area (Å²) < 4.78 is 4.59. The molecule has 2 aromatic rings. The van der Waals surface area contributed by atoms with Gasteiger partial charge in [-0.1, -0.05) is 42.5 Å². The van der Waals surface area contributed by atoms with E-state index in [1.165, 1.54) is 12.7 Å². The fraction of sp³-hybridized carbons (Fsp3) is 0.364. The maximum Gasteiger partial charge on any atom is 0.411 e. The second-order valence-corrected chi connectivity index (χ2v) is 6.58. The van der Waals surface area contributed by atoms with Crippen LogP contribution >= 0.6 is 0 Å². The Morgan fingerprint density at radius 3 is 2.43 bits per heavy atom. The zero-order valence-corrected chi connectivity index (χ0v) is 16.9. The zero-order valence-electron chi connectivity index (χ0n) is 16.9. The van der Waals surface area contributed by atoms with Crippen molar-refractivity contribution in [2.24, 2.45) is 4.99 Å². The number of carbonyl (C=O) groups is 1. The molecule has 0 saturated heterocycles. The van der Waals surface area contributed by atoms with Crippen LogP contribution in [0.25, 0.3) is 0 Å². The normalized spacial score (nSPS) is 12.2. The Morgan fingerprint density at radius 2 is 1.79 bits per heavy atom. The van der Waals surface area contributed by atoms with Crippen LogP contribution in [0, 0.1) is 0 Å². The van der Waals surface area contributed by atoms with Crippen molar-refractivity contribution in [3.63, 3.8) is 0 Å². The van der Waals surface area contributed by atoms with E-state index in [1.807, 2.05) is 30.3 Å². The first-order valence-electron chi connectivity index (χ1n) is 9.63. The number of amides is 1. The van der Waals surface area contributed by atoms with E-state index in [1.54, 1.807) is 0 Å². The second kappa shape index (κ2) is 11.6. The lowest BCUT2D eigenvalue weighted by Crippen LogP contribution is -2.42. The number of carbonyl (C=O) groups excluding carboxylic acids is 1. The third kappa shape index (κ3) is 7.70. The summed E-state index contributed by atoms with van der Waals surface area (Å²) in [6.45, 7) is 5.58. The number of aliphatic imine (C=N–C) groups is 1. The minimum absolute atomic E-state index is 0.310. The summed E-state index contributed by atoms with van der Waals surface area (Å²) in [7, 11) is 1.34. The van der Waals surface area contributed by atoms with Gasteiger partial charge in [-0.2, -0.15) is 0 Å². The highest BCUT2D eigenvalue weighted by atomic mass is 16.5. The summed E-state index contributed by atoms with van der Waals surface area (Å²) in [6, 6.07) is 18.4. The number of aryl methyl sites for hydroxylation is 1. The molecule has 2 rings (SSSR count). The first kappa shape index (κ1) is 21.3. The van der Waals surface area contributed by atoms with Crippen LogP contribution in [0.2, 0.25) is 0 Å². The molecule has 0 radical (unpaired) electrons. The van der Waals surface area contributed by atoms with E-state index < -0.39 is 6.09 Å². The number of nitrogens with one attached hydrogen (secondary N) is 3. The summed E-state index contributed by atoms with van der Waals surface area (Å²) in [6.07, 6.45) is 1.58. The van der Waals surface area contributed by atoms with E-state index in [9.17, 15) is 4.79 Å². The van der Waals surface area contributed by atoms with Crippen molar-refractivity contribution in [1.29, 1.82) is 0 Å². The number of hydrogen-bond acceptors (Lipinski definition) is 3. The molecule has 150 valence electrons. The van der Waals surface area contributed by atoms with Gasteiger partial charge in [0.2, 0.25) is 0 Å². The molecule has 1 atom stereocenters. The van der Waals surface area contributed by atoms with Gasteiger partial charge in [-0.3, -0.25) is 5.32 Å². The van der Waals surface area contributed by atoms with E-state index in [2.05, 4.69) is 63.8 Å². The standard InChI is InChI=1S/C22H30N4O2/c1-4-23-21(25-17(2)10-11-18-8-6-5-7-9-18)24-16-19-12-14-20(15-13-19)26-22(27)28-3/h5-9,12-15,17H,4,10-11,16H2,1-3H3,(H,26,27)(H2,23,24,25). The molecule has 6 nitrogen and oxygen atoms in total. The van der Waals surface area contributed by atoms with E-state index in [-0.39, 0.29) is 0 Å². The lowest BCUT2D eigenvalue weighted by molar-refractivity contribution is 0.187. The minimum Gasteiger partial charge on any atom is -0.453 e. The molecule has 0 aromatic heterocycles. The van der Waals surface area contributed by atoms with Crippen molar-refractivity contribution in [3.8, 4) is 0 Å². The molecule has 0 aliphatic heterocycles. The fourth-order valence-corrected chi connectivity index (χ4v) is 2.69. The highest BCUT2D eigenvalue weighted by molar-refractivity contribution is 5.84. The zero-order chi connectivity index (χ0) is 20.2. The average molecular weight is 383 g/mol. The van der Waals surface area contributed by atoms with Gasteiger partial charge in [0.1, 0.15) is 0 Å². The third-order valence-electron chi connectivity index (χ3n) is 4.24. The lowest BCUT2D eigenvalue weighted by Gasteiger charge is -2.18. The highest BCUT2D eigenvalue weighted by Crippen LogP contribution is 2.11. The van der Waals surface area contributed by atoms with E-state index >= 15 is 0 Å². The Hall–Kier alpha value is -3.02. The smallest absolute Gasteiger partial charge is 0.411 e. The van der Waals surface area contributed by atoms with Crippen LogP contribution in [0.3, 0.4) is 0 Å². The van der Waals surface area contributed by atoms with Gasteiger partial charge in [-0.25, -0.2) is 9.79 Å². The largest absolute Gasteiger partial charge is 0.453 e. The Bertz CT molecular complexity index is 745. The van der Waals surface area contributed by atoms with Crippen LogP contribution in [0.1, 0.15) is 31.4 Å². The van der Waals surface area contributed by atoms with Gasteiger partial charge >= 0.3 is 6.09 Å². The molecule has 0 heterocycles. The molecule has 1 unspecified atom stereocenters. The second-order valence-electron chi connectivity index (χ2n) is 6.58. The molecule has 0 fully saturated rings. The molecular weight excluding hydrogens is 352 g/mol. The third-order valence-corrected chi connectivity index (χ3v) is 4.24. The summed E-state index contributed by atoms with van der Waals surface area (Å²) in [5, 5.41) is 9.40. The predicted octanol–water partition coefficient (Wildman–Crippen LogP) is 3.94. The summed E-state index contributed by atoms with van der Waals surface area (Å²) in [4.78, 5) is 15.9. The Labute approximate surface area is 167 Å². The van der Waals surface area contributed by atoms with E-state index in [0.717, 1.165) is 30.9 Å². The molecule has 28 heavy (non-hydrogen) atoms.